The van der Waals surface area contributed by atoms with E-state index in [1.165, 1.54) is 30.2 Å². The van der Waals surface area contributed by atoms with E-state index in [-0.39, 0.29) is 29.5 Å². The number of nitro benzene ring substituents is 1. The quantitative estimate of drug-likeness (QED) is 0.648. The minimum Gasteiger partial charge on any atom is -0.496 e. The first-order valence-corrected chi connectivity index (χ1v) is 6.42. The summed E-state index contributed by atoms with van der Waals surface area (Å²) < 4.78 is 5.05. The van der Waals surface area contributed by atoms with Gasteiger partial charge in [-0.25, -0.2) is 0 Å². The molecule has 0 bridgehead atoms. The standard InChI is InChI=1S/C13H15N3O5/c1-21-10-5-2-4-9(16(19)20)12(10)13(18)15-7-3-6-14-11(17)8-15/h2,4-5H,3,6-8H2,1H3,(H,14,17). The Morgan fingerprint density at radius 2 is 2.24 bits per heavy atom. The maximum Gasteiger partial charge on any atom is 0.285 e. The summed E-state index contributed by atoms with van der Waals surface area (Å²) in [7, 11) is 1.34. The molecule has 0 radical (unpaired) electrons. The summed E-state index contributed by atoms with van der Waals surface area (Å²) >= 11 is 0. The average molecular weight is 293 g/mol. The number of rotatable bonds is 3. The Labute approximate surface area is 120 Å². The molecule has 21 heavy (non-hydrogen) atoms. The number of nitrogens with one attached hydrogen (secondary N) is 1. The molecule has 1 aromatic rings. The third-order valence-electron chi connectivity index (χ3n) is 3.18. The highest BCUT2D eigenvalue weighted by Crippen LogP contribution is 2.29. The van der Waals surface area contributed by atoms with Crippen molar-refractivity contribution in [3.63, 3.8) is 0 Å². The predicted molar refractivity (Wildman–Crippen MR) is 73.2 cm³/mol. The molecule has 0 saturated carbocycles. The fraction of sp³-hybridized carbons (Fsp3) is 0.385. The normalized spacial score (nSPS) is 15.1. The first kappa shape index (κ1) is 14.8. The van der Waals surface area contributed by atoms with Crippen molar-refractivity contribution in [1.29, 1.82) is 0 Å². The zero-order valence-electron chi connectivity index (χ0n) is 11.5. The van der Waals surface area contributed by atoms with Crippen LogP contribution in [0.25, 0.3) is 0 Å². The van der Waals surface area contributed by atoms with E-state index in [2.05, 4.69) is 5.32 Å². The smallest absolute Gasteiger partial charge is 0.285 e. The van der Waals surface area contributed by atoms with Crippen LogP contribution in [0.2, 0.25) is 0 Å². The van der Waals surface area contributed by atoms with E-state index in [1.807, 2.05) is 0 Å². The minimum absolute atomic E-state index is 0.117. The number of carbonyl (C=O) groups excluding carboxylic acids is 2. The van der Waals surface area contributed by atoms with Crippen LogP contribution in [0.1, 0.15) is 16.8 Å². The lowest BCUT2D eigenvalue weighted by Gasteiger charge is -2.20. The number of hydrogen-bond donors (Lipinski definition) is 1. The zero-order chi connectivity index (χ0) is 15.4. The molecule has 1 fully saturated rings. The Balaban J connectivity index is 2.41. The van der Waals surface area contributed by atoms with Gasteiger partial charge in [0.25, 0.3) is 11.6 Å². The van der Waals surface area contributed by atoms with Gasteiger partial charge < -0.3 is 15.0 Å². The predicted octanol–water partition coefficient (Wildman–Crippen LogP) is 0.565. The Morgan fingerprint density at radius 3 is 2.90 bits per heavy atom. The lowest BCUT2D eigenvalue weighted by molar-refractivity contribution is -0.385. The SMILES string of the molecule is COc1cccc([N+](=O)[O-])c1C(=O)N1CCCNC(=O)C1. The molecule has 8 heteroatoms. The first-order valence-electron chi connectivity index (χ1n) is 6.42. The summed E-state index contributed by atoms with van der Waals surface area (Å²) in [6.45, 7) is 0.720. The third-order valence-corrected chi connectivity index (χ3v) is 3.18. The second-order valence-corrected chi connectivity index (χ2v) is 4.54. The topological polar surface area (TPSA) is 102 Å². The molecule has 2 rings (SSSR count). The molecular formula is C13H15N3O5. The van der Waals surface area contributed by atoms with Gasteiger partial charge in [-0.05, 0) is 12.5 Å². The van der Waals surface area contributed by atoms with E-state index in [0.29, 0.717) is 19.5 Å². The number of methoxy groups -OCH3 is 1. The third kappa shape index (κ3) is 3.10. The van der Waals surface area contributed by atoms with Gasteiger partial charge >= 0.3 is 0 Å². The van der Waals surface area contributed by atoms with Crippen LogP contribution in [0, 0.1) is 10.1 Å². The van der Waals surface area contributed by atoms with Crippen molar-refractivity contribution in [3.8, 4) is 5.75 Å². The lowest BCUT2D eigenvalue weighted by atomic mass is 10.1. The van der Waals surface area contributed by atoms with Crippen LogP contribution in [0.4, 0.5) is 5.69 Å². The Bertz CT molecular complexity index is 587. The van der Waals surface area contributed by atoms with Gasteiger partial charge in [0.2, 0.25) is 5.91 Å². The summed E-state index contributed by atoms with van der Waals surface area (Å²) in [5.41, 5.74) is -0.455. The molecule has 1 aliphatic rings. The second-order valence-electron chi connectivity index (χ2n) is 4.54. The highest BCUT2D eigenvalue weighted by atomic mass is 16.6. The van der Waals surface area contributed by atoms with Crippen molar-refractivity contribution in [1.82, 2.24) is 10.2 Å². The number of amides is 2. The van der Waals surface area contributed by atoms with E-state index in [1.54, 1.807) is 0 Å². The highest BCUT2D eigenvalue weighted by molar-refractivity contribution is 6.02. The number of nitrogens with zero attached hydrogens (tertiary/aromatic N) is 2. The van der Waals surface area contributed by atoms with Crippen LogP contribution in [0.15, 0.2) is 18.2 Å². The van der Waals surface area contributed by atoms with Gasteiger partial charge in [-0.3, -0.25) is 19.7 Å². The van der Waals surface area contributed by atoms with E-state index in [0.717, 1.165) is 0 Å². The maximum absolute atomic E-state index is 12.6. The van der Waals surface area contributed by atoms with Gasteiger partial charge in [0, 0.05) is 19.2 Å². The van der Waals surface area contributed by atoms with Crippen molar-refractivity contribution in [3.05, 3.63) is 33.9 Å². The van der Waals surface area contributed by atoms with Gasteiger partial charge in [-0.2, -0.15) is 0 Å². The van der Waals surface area contributed by atoms with Crippen LogP contribution < -0.4 is 10.1 Å². The maximum atomic E-state index is 12.6. The van der Waals surface area contributed by atoms with E-state index < -0.39 is 10.8 Å². The number of hydrogen-bond acceptors (Lipinski definition) is 5. The summed E-state index contributed by atoms with van der Waals surface area (Å²) in [6, 6.07) is 4.18. The number of benzene rings is 1. The Morgan fingerprint density at radius 1 is 1.48 bits per heavy atom. The van der Waals surface area contributed by atoms with Crippen molar-refractivity contribution in [2.24, 2.45) is 0 Å². The number of carbonyl (C=O) groups is 2. The van der Waals surface area contributed by atoms with Gasteiger partial charge in [0.1, 0.15) is 5.75 Å². The number of nitro groups is 1. The number of ether oxygens (including phenoxy) is 1. The highest BCUT2D eigenvalue weighted by Gasteiger charge is 2.30. The lowest BCUT2D eigenvalue weighted by Crippen LogP contribution is -2.37. The van der Waals surface area contributed by atoms with Crippen LogP contribution >= 0.6 is 0 Å². The molecule has 1 N–H and O–H groups in total. The van der Waals surface area contributed by atoms with Crippen molar-refractivity contribution >= 4 is 17.5 Å². The van der Waals surface area contributed by atoms with Crippen LogP contribution in [-0.4, -0.2) is 48.4 Å². The first-order chi connectivity index (χ1) is 10.0. The molecule has 0 spiro atoms. The van der Waals surface area contributed by atoms with E-state index in [9.17, 15) is 19.7 Å². The molecule has 0 unspecified atom stereocenters. The molecular weight excluding hydrogens is 278 g/mol. The minimum atomic E-state index is -0.631. The van der Waals surface area contributed by atoms with E-state index in [4.69, 9.17) is 4.74 Å². The molecule has 1 saturated heterocycles. The average Bonchev–Trinajstić information content (AvgIpc) is 2.70. The second kappa shape index (κ2) is 6.21. The van der Waals surface area contributed by atoms with Crippen molar-refractivity contribution in [2.75, 3.05) is 26.7 Å². The largest absolute Gasteiger partial charge is 0.496 e. The Kier molecular flexibility index (Phi) is 4.36. The zero-order valence-corrected chi connectivity index (χ0v) is 11.5. The van der Waals surface area contributed by atoms with Crippen LogP contribution in [0.3, 0.4) is 0 Å². The summed E-state index contributed by atoms with van der Waals surface area (Å²) in [4.78, 5) is 35.9. The molecule has 0 atom stereocenters. The molecule has 1 aromatic carbocycles. The van der Waals surface area contributed by atoms with E-state index >= 15 is 0 Å². The fourth-order valence-electron chi connectivity index (χ4n) is 2.19. The van der Waals surface area contributed by atoms with Gasteiger partial charge in [0.15, 0.2) is 5.56 Å². The van der Waals surface area contributed by atoms with Crippen LogP contribution in [0.5, 0.6) is 5.75 Å². The molecule has 0 aromatic heterocycles. The molecule has 2 amide bonds. The molecule has 1 heterocycles. The summed E-state index contributed by atoms with van der Waals surface area (Å²) in [6.07, 6.45) is 0.598. The van der Waals surface area contributed by atoms with Crippen molar-refractivity contribution in [2.45, 2.75) is 6.42 Å². The van der Waals surface area contributed by atoms with Crippen LogP contribution in [-0.2, 0) is 4.79 Å². The monoisotopic (exact) mass is 293 g/mol. The fourth-order valence-corrected chi connectivity index (χ4v) is 2.19. The summed E-state index contributed by atoms with van der Waals surface area (Å²) in [5, 5.41) is 13.8. The van der Waals surface area contributed by atoms with Gasteiger partial charge in [0.05, 0.1) is 18.6 Å². The molecule has 1 aliphatic heterocycles. The van der Waals surface area contributed by atoms with Gasteiger partial charge in [-0.15, -0.1) is 0 Å². The molecule has 8 nitrogen and oxygen atoms in total. The summed E-state index contributed by atoms with van der Waals surface area (Å²) in [5.74, 6) is -0.728. The van der Waals surface area contributed by atoms with Crippen molar-refractivity contribution < 1.29 is 19.2 Å². The molecule has 112 valence electrons. The Hall–Kier alpha value is -2.64. The van der Waals surface area contributed by atoms with Gasteiger partial charge in [-0.1, -0.05) is 6.07 Å². The molecule has 0 aliphatic carbocycles.